The van der Waals surface area contributed by atoms with Gasteiger partial charge in [-0.1, -0.05) is 15.9 Å². The van der Waals surface area contributed by atoms with Gasteiger partial charge in [0, 0.05) is 12.3 Å². The maximum atomic E-state index is 13.1. The van der Waals surface area contributed by atoms with Gasteiger partial charge < -0.3 is 14.9 Å². The van der Waals surface area contributed by atoms with Crippen LogP contribution in [-0.4, -0.2) is 49.1 Å². The monoisotopic (exact) mass is 374 g/mol. The molecule has 118 valence electrons. The van der Waals surface area contributed by atoms with Gasteiger partial charge in [-0.3, -0.25) is 14.3 Å². The largest absolute Gasteiger partial charge is 0.422 e. The minimum atomic E-state index is -5.06. The van der Waals surface area contributed by atoms with Gasteiger partial charge in [0.15, 0.2) is 6.23 Å². The Kier molecular flexibility index (Phi) is 4.04. The van der Waals surface area contributed by atoms with Gasteiger partial charge in [0.05, 0.1) is 11.4 Å². The van der Waals surface area contributed by atoms with E-state index in [-0.39, 0.29) is 0 Å². The van der Waals surface area contributed by atoms with Gasteiger partial charge in [0.2, 0.25) is 5.60 Å². The van der Waals surface area contributed by atoms with Crippen molar-refractivity contribution < 1.29 is 28.1 Å². The number of ether oxygens (including phenoxy) is 1. The van der Waals surface area contributed by atoms with Crippen molar-refractivity contribution in [3.05, 3.63) is 33.1 Å². The predicted octanol–water partition coefficient (Wildman–Crippen LogP) is -0.517. The summed E-state index contributed by atoms with van der Waals surface area (Å²) in [5, 5.41) is 18.8. The lowest BCUT2D eigenvalue weighted by molar-refractivity contribution is -0.305. The van der Waals surface area contributed by atoms with Crippen LogP contribution in [-0.2, 0) is 4.74 Å². The summed E-state index contributed by atoms with van der Waals surface area (Å²) in [6, 6.07) is 0.920. The van der Waals surface area contributed by atoms with E-state index in [4.69, 9.17) is 9.84 Å². The smallest absolute Gasteiger partial charge is 0.393 e. The van der Waals surface area contributed by atoms with Gasteiger partial charge in [0.25, 0.3) is 5.56 Å². The summed E-state index contributed by atoms with van der Waals surface area (Å²) in [5.74, 6) is 0. The van der Waals surface area contributed by atoms with Crippen molar-refractivity contribution in [2.24, 2.45) is 0 Å². The number of H-pyrrole nitrogens is 1. The van der Waals surface area contributed by atoms with Crippen LogP contribution in [0.2, 0.25) is 0 Å². The molecule has 0 saturated carbocycles. The molecule has 3 N–H and O–H groups in total. The summed E-state index contributed by atoms with van der Waals surface area (Å²) in [4.78, 5) is 23.1. The Balaban J connectivity index is 2.49. The molecule has 2 rings (SSSR count). The molecule has 0 spiro atoms. The summed E-state index contributed by atoms with van der Waals surface area (Å²) < 4.78 is 44.7. The molecule has 1 aromatic rings. The van der Waals surface area contributed by atoms with Gasteiger partial charge in [-0.05, 0) is 0 Å². The first kappa shape index (κ1) is 16.2. The highest BCUT2D eigenvalue weighted by Gasteiger charge is 2.68. The molecule has 0 aliphatic carbocycles. The minimum Gasteiger partial charge on any atom is -0.393 e. The van der Waals surface area contributed by atoms with Crippen LogP contribution in [0.4, 0.5) is 13.2 Å². The Morgan fingerprint density at radius 3 is 2.52 bits per heavy atom. The molecule has 1 aromatic heterocycles. The fourth-order valence-electron chi connectivity index (χ4n) is 2.06. The zero-order chi connectivity index (χ0) is 16.0. The maximum Gasteiger partial charge on any atom is 0.422 e. The number of hydrogen-bond donors (Lipinski definition) is 3. The molecule has 4 atom stereocenters. The lowest BCUT2D eigenvalue weighted by atomic mass is 9.97. The third kappa shape index (κ3) is 2.43. The molecule has 0 unspecified atom stereocenters. The normalized spacial score (nSPS) is 33.3. The number of hydrogen-bond acceptors (Lipinski definition) is 5. The van der Waals surface area contributed by atoms with Crippen LogP contribution < -0.4 is 11.2 Å². The number of aromatic amines is 1. The van der Waals surface area contributed by atoms with Crippen LogP contribution in [0.5, 0.6) is 0 Å². The lowest BCUT2D eigenvalue weighted by Gasteiger charge is -2.32. The SMILES string of the molecule is O=c1ccn([C@@H]2O[C@@](CO)(C(F)(F)F)[C@@H](O)[C@H]2Br)c(=O)[nH]1. The van der Waals surface area contributed by atoms with E-state index < -0.39 is 46.8 Å². The molecule has 21 heavy (non-hydrogen) atoms. The first-order chi connectivity index (χ1) is 9.64. The summed E-state index contributed by atoms with van der Waals surface area (Å²) in [6.07, 6.45) is -7.82. The molecule has 0 amide bonds. The van der Waals surface area contributed by atoms with Gasteiger partial charge in [0.1, 0.15) is 6.10 Å². The molecule has 1 aliphatic rings. The van der Waals surface area contributed by atoms with Crippen molar-refractivity contribution in [1.29, 1.82) is 0 Å². The van der Waals surface area contributed by atoms with Crippen molar-refractivity contribution >= 4 is 15.9 Å². The molecule has 0 bridgehead atoms. The zero-order valence-corrected chi connectivity index (χ0v) is 11.8. The van der Waals surface area contributed by atoms with Gasteiger partial charge in [-0.15, -0.1) is 0 Å². The third-order valence-electron chi connectivity index (χ3n) is 3.22. The number of nitrogens with zero attached hydrogens (tertiary/aromatic N) is 1. The Morgan fingerprint density at radius 2 is 2.10 bits per heavy atom. The van der Waals surface area contributed by atoms with E-state index in [0.717, 1.165) is 12.3 Å². The topological polar surface area (TPSA) is 105 Å². The van der Waals surface area contributed by atoms with E-state index in [0.29, 0.717) is 4.57 Å². The van der Waals surface area contributed by atoms with Crippen molar-refractivity contribution in [3.8, 4) is 0 Å². The number of aromatic nitrogens is 2. The molecular formula is C10H10BrF3N2O5. The molecule has 1 fully saturated rings. The summed E-state index contributed by atoms with van der Waals surface area (Å²) in [7, 11) is 0. The van der Waals surface area contributed by atoms with E-state index in [1.165, 1.54) is 0 Å². The Labute approximate surface area is 123 Å². The first-order valence-electron chi connectivity index (χ1n) is 5.63. The van der Waals surface area contributed by atoms with Gasteiger partial charge in [-0.25, -0.2) is 4.79 Å². The van der Waals surface area contributed by atoms with Crippen LogP contribution >= 0.6 is 15.9 Å². The second kappa shape index (κ2) is 5.23. The van der Waals surface area contributed by atoms with E-state index in [2.05, 4.69) is 15.9 Å². The average Bonchev–Trinajstić information content (AvgIpc) is 2.63. The van der Waals surface area contributed by atoms with Gasteiger partial charge in [-0.2, -0.15) is 13.2 Å². The highest BCUT2D eigenvalue weighted by atomic mass is 79.9. The molecular weight excluding hydrogens is 365 g/mol. The molecule has 1 aliphatic heterocycles. The number of rotatable bonds is 2. The fourth-order valence-corrected chi connectivity index (χ4v) is 2.85. The van der Waals surface area contributed by atoms with Crippen LogP contribution in [0.3, 0.4) is 0 Å². The summed E-state index contributed by atoms with van der Waals surface area (Å²) in [6.45, 7) is -1.52. The van der Waals surface area contributed by atoms with E-state index >= 15 is 0 Å². The van der Waals surface area contributed by atoms with E-state index in [1.807, 2.05) is 4.98 Å². The zero-order valence-electron chi connectivity index (χ0n) is 10.2. The summed E-state index contributed by atoms with van der Waals surface area (Å²) in [5.41, 5.74) is -4.95. The maximum absolute atomic E-state index is 13.1. The number of aliphatic hydroxyl groups excluding tert-OH is 2. The lowest BCUT2D eigenvalue weighted by Crippen LogP contribution is -2.56. The number of aliphatic hydroxyl groups is 2. The van der Waals surface area contributed by atoms with E-state index in [1.54, 1.807) is 0 Å². The predicted molar refractivity (Wildman–Crippen MR) is 66.0 cm³/mol. The Bertz CT molecular complexity index is 645. The van der Waals surface area contributed by atoms with Crippen molar-refractivity contribution in [2.45, 2.75) is 28.9 Å². The van der Waals surface area contributed by atoms with E-state index in [9.17, 15) is 27.9 Å². The highest BCUT2D eigenvalue weighted by molar-refractivity contribution is 9.09. The van der Waals surface area contributed by atoms with Crippen LogP contribution in [0.1, 0.15) is 6.23 Å². The Morgan fingerprint density at radius 1 is 1.48 bits per heavy atom. The molecule has 0 radical (unpaired) electrons. The fraction of sp³-hybridized carbons (Fsp3) is 0.600. The number of nitrogens with one attached hydrogen (secondary N) is 1. The number of alkyl halides is 4. The molecule has 1 saturated heterocycles. The minimum absolute atomic E-state index is 0.688. The average molecular weight is 375 g/mol. The Hall–Kier alpha value is -1.17. The van der Waals surface area contributed by atoms with Crippen LogP contribution in [0, 0.1) is 0 Å². The van der Waals surface area contributed by atoms with Gasteiger partial charge >= 0.3 is 11.9 Å². The molecule has 7 nitrogen and oxygen atoms in total. The quantitative estimate of drug-likeness (QED) is 0.604. The number of halogens is 4. The second-order valence-corrected chi connectivity index (χ2v) is 5.52. The highest BCUT2D eigenvalue weighted by Crippen LogP contribution is 2.48. The molecule has 2 heterocycles. The standard InChI is InChI=1S/C10H10BrF3N2O5/c11-5-6(19)9(3-17,10(12,13)14)21-7(5)16-2-1-4(18)15-8(16)20/h1-2,5-7,17,19H,3H2,(H,15,18,20)/t5-,6+,7-,9-/m1/s1. The molecule has 0 aromatic carbocycles. The second-order valence-electron chi connectivity index (χ2n) is 4.46. The van der Waals surface area contributed by atoms with Crippen molar-refractivity contribution in [3.63, 3.8) is 0 Å². The first-order valence-corrected chi connectivity index (χ1v) is 6.54. The summed E-state index contributed by atoms with van der Waals surface area (Å²) >= 11 is 2.83. The van der Waals surface area contributed by atoms with Crippen LogP contribution in [0.15, 0.2) is 21.9 Å². The van der Waals surface area contributed by atoms with Crippen molar-refractivity contribution in [1.82, 2.24) is 9.55 Å². The molecule has 11 heteroatoms. The van der Waals surface area contributed by atoms with Crippen LogP contribution in [0.25, 0.3) is 0 Å². The third-order valence-corrected chi connectivity index (χ3v) is 4.18. The van der Waals surface area contributed by atoms with Crippen molar-refractivity contribution in [2.75, 3.05) is 6.61 Å².